The Morgan fingerprint density at radius 3 is 1.77 bits per heavy atom. The Balaban J connectivity index is 0.879. The fourth-order valence-electron chi connectivity index (χ4n) is 9.41. The molecule has 0 bridgehead atoms. The van der Waals surface area contributed by atoms with Crippen LogP contribution in [0.4, 0.5) is 0 Å². The summed E-state index contributed by atoms with van der Waals surface area (Å²) in [5.74, 6) is 0.696. The summed E-state index contributed by atoms with van der Waals surface area (Å²) >= 11 is 0. The predicted octanol–water partition coefficient (Wildman–Crippen LogP) is 14.1. The average Bonchev–Trinajstić information content (AvgIpc) is 3.66. The second-order valence-corrected chi connectivity index (χ2v) is 16.4. The SMILES string of the molecule is CC12C=CC(c3ccc(-c4ccc5c6c(cccc46)-c4ccccc4-5)cc3)=NC1c1nc(-c3cccc(-c4cc(-c5ccccc5)nc(-c5ccccc5)n4)c3)ccc1C=C2. The highest BCUT2D eigenvalue weighted by molar-refractivity contribution is 6.18. The molecule has 2 aliphatic carbocycles. The van der Waals surface area contributed by atoms with Gasteiger partial charge in [0.1, 0.15) is 6.04 Å². The van der Waals surface area contributed by atoms with Gasteiger partial charge in [0.05, 0.1) is 28.5 Å². The first kappa shape index (κ1) is 35.2. The fourth-order valence-corrected chi connectivity index (χ4v) is 9.41. The zero-order chi connectivity index (χ0) is 40.5. The van der Waals surface area contributed by atoms with Crippen LogP contribution in [0.1, 0.15) is 29.8 Å². The Morgan fingerprint density at radius 2 is 1.00 bits per heavy atom. The van der Waals surface area contributed by atoms with Crippen LogP contribution in [-0.2, 0) is 0 Å². The molecule has 0 saturated heterocycles. The van der Waals surface area contributed by atoms with Crippen molar-refractivity contribution >= 4 is 22.6 Å². The van der Waals surface area contributed by atoms with Crippen molar-refractivity contribution in [3.63, 3.8) is 0 Å². The monoisotopic (exact) mass is 778 g/mol. The van der Waals surface area contributed by atoms with Crippen molar-refractivity contribution in [1.29, 1.82) is 0 Å². The molecule has 2 unspecified atom stereocenters. The minimum atomic E-state index is -0.297. The number of aromatic nitrogens is 3. The highest BCUT2D eigenvalue weighted by Gasteiger charge is 2.38. The highest BCUT2D eigenvalue weighted by Crippen LogP contribution is 2.50. The van der Waals surface area contributed by atoms with Crippen LogP contribution < -0.4 is 0 Å². The molecule has 0 N–H and O–H groups in total. The normalized spacial score (nSPS) is 16.8. The first-order valence-corrected chi connectivity index (χ1v) is 20.9. The van der Waals surface area contributed by atoms with Gasteiger partial charge in [0.15, 0.2) is 5.82 Å². The van der Waals surface area contributed by atoms with Crippen molar-refractivity contribution < 1.29 is 0 Å². The molecule has 0 amide bonds. The summed E-state index contributed by atoms with van der Waals surface area (Å²) in [4.78, 5) is 21.0. The first-order chi connectivity index (χ1) is 30.1. The molecule has 2 aromatic heterocycles. The maximum absolute atomic E-state index is 5.47. The number of fused-ring (bicyclic) bond motifs is 6. The van der Waals surface area contributed by atoms with Crippen molar-refractivity contribution in [2.75, 3.05) is 0 Å². The third kappa shape index (κ3) is 5.90. The van der Waals surface area contributed by atoms with Gasteiger partial charge in [-0.2, -0.15) is 0 Å². The maximum Gasteiger partial charge on any atom is 0.160 e. The van der Waals surface area contributed by atoms with Gasteiger partial charge in [-0.1, -0.05) is 189 Å². The van der Waals surface area contributed by atoms with Crippen LogP contribution in [0.3, 0.4) is 0 Å². The van der Waals surface area contributed by atoms with E-state index < -0.39 is 0 Å². The number of pyridine rings is 1. The minimum Gasteiger partial charge on any atom is -0.274 e. The summed E-state index contributed by atoms with van der Waals surface area (Å²) in [5.41, 5.74) is 18.3. The van der Waals surface area contributed by atoms with E-state index in [9.17, 15) is 0 Å². The molecule has 2 atom stereocenters. The Bertz CT molecular complexity index is 3220. The Kier molecular flexibility index (Phi) is 8.01. The van der Waals surface area contributed by atoms with Gasteiger partial charge in [-0.25, -0.2) is 15.0 Å². The quantitative estimate of drug-likeness (QED) is 0.169. The summed E-state index contributed by atoms with van der Waals surface area (Å²) in [7, 11) is 0. The van der Waals surface area contributed by atoms with E-state index in [1.165, 1.54) is 44.2 Å². The summed E-state index contributed by atoms with van der Waals surface area (Å²) < 4.78 is 0. The summed E-state index contributed by atoms with van der Waals surface area (Å²) in [6.07, 6.45) is 8.96. The molecule has 4 heteroatoms. The zero-order valence-corrected chi connectivity index (χ0v) is 33.5. The standard InChI is InChI=1S/C57H38N4/c1-57-32-30-39-26-29-49(41-16-10-17-42(34-41)52-35-51(37-12-4-2-5-13-37)60-56(61-52)40-14-6-3-7-15-40)58-54(39)55(57)59-50(31-33-57)38-24-22-36(23-25-38)43-27-28-48-45-19-9-8-18-44(45)47-21-11-20-46(43)53(47)48/h2-35,55H,1H3. The smallest absolute Gasteiger partial charge is 0.160 e. The molecule has 3 aliphatic rings. The Labute approximate surface area is 355 Å². The first-order valence-electron chi connectivity index (χ1n) is 20.9. The molecule has 7 aromatic carbocycles. The lowest BCUT2D eigenvalue weighted by molar-refractivity contribution is 0.421. The maximum atomic E-state index is 5.47. The zero-order valence-electron chi connectivity index (χ0n) is 33.5. The molecule has 1 aliphatic heterocycles. The number of rotatable bonds is 6. The van der Waals surface area contributed by atoms with Crippen LogP contribution in [0.2, 0.25) is 0 Å². The van der Waals surface area contributed by atoms with E-state index in [1.807, 2.05) is 36.4 Å². The van der Waals surface area contributed by atoms with Crippen LogP contribution in [0.25, 0.3) is 95.4 Å². The van der Waals surface area contributed by atoms with Gasteiger partial charge in [0.2, 0.25) is 0 Å². The van der Waals surface area contributed by atoms with Crippen molar-refractivity contribution in [3.05, 3.63) is 217 Å². The van der Waals surface area contributed by atoms with Gasteiger partial charge in [0.25, 0.3) is 0 Å². The van der Waals surface area contributed by atoms with Crippen molar-refractivity contribution in [1.82, 2.24) is 15.0 Å². The molecular formula is C57H38N4. The molecule has 9 aromatic rings. The largest absolute Gasteiger partial charge is 0.274 e. The molecule has 61 heavy (non-hydrogen) atoms. The lowest BCUT2D eigenvalue weighted by atomic mass is 9.73. The fraction of sp³-hybridized carbons (Fsp3) is 0.0526. The number of aliphatic imine (C=N–C) groups is 1. The highest BCUT2D eigenvalue weighted by atomic mass is 14.9. The van der Waals surface area contributed by atoms with Crippen LogP contribution in [0, 0.1) is 5.41 Å². The van der Waals surface area contributed by atoms with Gasteiger partial charge >= 0.3 is 0 Å². The van der Waals surface area contributed by atoms with E-state index in [0.717, 1.165) is 61.9 Å². The van der Waals surface area contributed by atoms with E-state index in [4.69, 9.17) is 19.9 Å². The molecule has 0 saturated carbocycles. The van der Waals surface area contributed by atoms with Gasteiger partial charge in [-0.15, -0.1) is 0 Å². The topological polar surface area (TPSA) is 51.0 Å². The van der Waals surface area contributed by atoms with Crippen LogP contribution >= 0.6 is 0 Å². The average molecular weight is 779 g/mol. The number of dihydropyridines is 1. The lowest BCUT2D eigenvalue weighted by Gasteiger charge is -2.36. The van der Waals surface area contributed by atoms with Gasteiger partial charge in [-0.3, -0.25) is 4.99 Å². The summed E-state index contributed by atoms with van der Waals surface area (Å²) in [6, 6.07) is 64.2. The van der Waals surface area contributed by atoms with Gasteiger partial charge in [0, 0.05) is 27.7 Å². The number of allylic oxidation sites excluding steroid dienone is 1. The van der Waals surface area contributed by atoms with Gasteiger partial charge in [-0.05, 0) is 79.6 Å². The Hall–Kier alpha value is -7.82. The predicted molar refractivity (Wildman–Crippen MR) is 251 cm³/mol. The van der Waals surface area contributed by atoms with Gasteiger partial charge < -0.3 is 0 Å². The molecule has 0 radical (unpaired) electrons. The lowest BCUT2D eigenvalue weighted by Crippen LogP contribution is -2.28. The van der Waals surface area contributed by atoms with E-state index in [2.05, 4.69) is 177 Å². The summed E-state index contributed by atoms with van der Waals surface area (Å²) in [5, 5.41) is 2.63. The van der Waals surface area contributed by atoms with E-state index in [0.29, 0.717) is 5.82 Å². The molecule has 286 valence electrons. The van der Waals surface area contributed by atoms with E-state index in [1.54, 1.807) is 0 Å². The molecule has 4 nitrogen and oxygen atoms in total. The van der Waals surface area contributed by atoms with Crippen molar-refractivity contribution in [2.45, 2.75) is 13.0 Å². The van der Waals surface area contributed by atoms with Crippen molar-refractivity contribution in [2.24, 2.45) is 10.4 Å². The number of nitrogens with zero attached hydrogens (tertiary/aromatic N) is 4. The number of hydrogen-bond donors (Lipinski definition) is 0. The minimum absolute atomic E-state index is 0.169. The third-order valence-electron chi connectivity index (χ3n) is 12.6. The second kappa shape index (κ2) is 13.9. The van der Waals surface area contributed by atoms with Crippen molar-refractivity contribution in [3.8, 4) is 78.5 Å². The Morgan fingerprint density at radius 1 is 0.410 bits per heavy atom. The molecule has 12 rings (SSSR count). The summed E-state index contributed by atoms with van der Waals surface area (Å²) in [6.45, 7) is 2.25. The molecular weight excluding hydrogens is 741 g/mol. The van der Waals surface area contributed by atoms with Crippen LogP contribution in [-0.4, -0.2) is 20.7 Å². The van der Waals surface area contributed by atoms with Crippen LogP contribution in [0.15, 0.2) is 205 Å². The van der Waals surface area contributed by atoms with Crippen LogP contribution in [0.5, 0.6) is 0 Å². The van der Waals surface area contributed by atoms with E-state index in [-0.39, 0.29) is 11.5 Å². The second-order valence-electron chi connectivity index (χ2n) is 16.4. The molecule has 0 spiro atoms. The van der Waals surface area contributed by atoms with E-state index >= 15 is 0 Å². The molecule has 3 heterocycles. The third-order valence-corrected chi connectivity index (χ3v) is 12.6. The number of hydrogen-bond acceptors (Lipinski definition) is 4. The number of benzene rings is 7. The molecule has 0 fully saturated rings.